The zero-order valence-electron chi connectivity index (χ0n) is 10.4. The fourth-order valence-corrected chi connectivity index (χ4v) is 1.90. The summed E-state index contributed by atoms with van der Waals surface area (Å²) in [7, 11) is 0. The Balaban J connectivity index is 2.64. The molecule has 6 nitrogen and oxygen atoms in total. The highest BCUT2D eigenvalue weighted by molar-refractivity contribution is 5.97. The van der Waals surface area contributed by atoms with Crippen molar-refractivity contribution in [2.45, 2.75) is 6.61 Å². The maximum atomic E-state index is 11.2. The molecular formula is C14H12N2O4. The van der Waals surface area contributed by atoms with Crippen molar-refractivity contribution < 1.29 is 19.8 Å². The molecule has 0 bridgehead atoms. The highest BCUT2D eigenvalue weighted by Crippen LogP contribution is 2.26. The van der Waals surface area contributed by atoms with Crippen molar-refractivity contribution in [3.8, 4) is 11.3 Å². The highest BCUT2D eigenvalue weighted by atomic mass is 16.4. The third-order valence-electron chi connectivity index (χ3n) is 2.85. The molecule has 0 saturated heterocycles. The molecule has 102 valence electrons. The van der Waals surface area contributed by atoms with Crippen LogP contribution in [0.2, 0.25) is 0 Å². The van der Waals surface area contributed by atoms with Crippen LogP contribution in [-0.2, 0) is 6.61 Å². The predicted octanol–water partition coefficient (Wildman–Crippen LogP) is 1.04. The molecule has 0 unspecified atom stereocenters. The first-order valence-electron chi connectivity index (χ1n) is 5.77. The Morgan fingerprint density at radius 3 is 2.60 bits per heavy atom. The van der Waals surface area contributed by atoms with Crippen LogP contribution in [0.15, 0.2) is 36.5 Å². The summed E-state index contributed by atoms with van der Waals surface area (Å²) >= 11 is 0. The lowest BCUT2D eigenvalue weighted by Crippen LogP contribution is -2.12. The molecule has 0 radical (unpaired) electrons. The highest BCUT2D eigenvalue weighted by Gasteiger charge is 2.16. The summed E-state index contributed by atoms with van der Waals surface area (Å²) in [4.78, 5) is 26.4. The van der Waals surface area contributed by atoms with E-state index < -0.39 is 11.9 Å². The largest absolute Gasteiger partial charge is 0.478 e. The average Bonchev–Trinajstić information content (AvgIpc) is 2.46. The number of aliphatic hydroxyl groups is 1. The topological polar surface area (TPSA) is 114 Å². The Morgan fingerprint density at radius 1 is 1.25 bits per heavy atom. The van der Waals surface area contributed by atoms with Gasteiger partial charge in [0.1, 0.15) is 0 Å². The normalized spacial score (nSPS) is 10.2. The maximum absolute atomic E-state index is 11.2. The third-order valence-corrected chi connectivity index (χ3v) is 2.85. The molecule has 1 heterocycles. The maximum Gasteiger partial charge on any atom is 0.337 e. The molecule has 0 saturated carbocycles. The standard InChI is InChI=1S/C14H12N2O4/c15-13(18)8-3-4-10(9(6-8)7-17)12-11(14(19)20)2-1-5-16-12/h1-6,17H,7H2,(H2,15,18)(H,19,20). The van der Waals surface area contributed by atoms with E-state index in [0.29, 0.717) is 11.1 Å². The van der Waals surface area contributed by atoms with E-state index in [1.807, 2.05) is 0 Å². The zero-order valence-corrected chi connectivity index (χ0v) is 10.4. The van der Waals surface area contributed by atoms with Gasteiger partial charge in [0.2, 0.25) is 5.91 Å². The number of nitrogens with two attached hydrogens (primary N) is 1. The number of benzene rings is 1. The van der Waals surface area contributed by atoms with E-state index in [1.165, 1.54) is 36.5 Å². The van der Waals surface area contributed by atoms with Gasteiger partial charge in [0.25, 0.3) is 0 Å². The second-order valence-corrected chi connectivity index (χ2v) is 4.10. The SMILES string of the molecule is NC(=O)c1ccc(-c2ncccc2C(=O)O)c(CO)c1. The number of aliphatic hydroxyl groups excluding tert-OH is 1. The molecule has 0 fully saturated rings. The van der Waals surface area contributed by atoms with Gasteiger partial charge in [-0.2, -0.15) is 0 Å². The molecule has 0 aliphatic rings. The number of rotatable bonds is 4. The van der Waals surface area contributed by atoms with E-state index in [4.69, 9.17) is 10.8 Å². The summed E-state index contributed by atoms with van der Waals surface area (Å²) in [6.45, 7) is -0.355. The lowest BCUT2D eigenvalue weighted by molar-refractivity contribution is 0.0697. The Labute approximate surface area is 114 Å². The van der Waals surface area contributed by atoms with Crippen LogP contribution in [0.5, 0.6) is 0 Å². The van der Waals surface area contributed by atoms with Crippen LogP contribution >= 0.6 is 0 Å². The Kier molecular flexibility index (Phi) is 3.76. The summed E-state index contributed by atoms with van der Waals surface area (Å²) < 4.78 is 0. The summed E-state index contributed by atoms with van der Waals surface area (Å²) in [5.74, 6) is -1.73. The number of pyridine rings is 1. The number of aromatic nitrogens is 1. The summed E-state index contributed by atoms with van der Waals surface area (Å²) in [5.41, 5.74) is 6.52. The van der Waals surface area contributed by atoms with Crippen molar-refractivity contribution in [1.82, 2.24) is 4.98 Å². The summed E-state index contributed by atoms with van der Waals surface area (Å²) in [6.07, 6.45) is 1.46. The molecule has 0 spiro atoms. The van der Waals surface area contributed by atoms with Crippen LogP contribution in [0, 0.1) is 0 Å². The molecule has 2 aromatic rings. The van der Waals surface area contributed by atoms with Gasteiger partial charge >= 0.3 is 5.97 Å². The molecule has 0 aliphatic carbocycles. The second-order valence-electron chi connectivity index (χ2n) is 4.10. The van der Waals surface area contributed by atoms with E-state index >= 15 is 0 Å². The Bertz CT molecular complexity index is 683. The first-order chi connectivity index (χ1) is 9.54. The first-order valence-corrected chi connectivity index (χ1v) is 5.77. The number of primary amides is 1. The molecule has 20 heavy (non-hydrogen) atoms. The number of nitrogens with zero attached hydrogens (tertiary/aromatic N) is 1. The minimum Gasteiger partial charge on any atom is -0.478 e. The molecule has 4 N–H and O–H groups in total. The van der Waals surface area contributed by atoms with Gasteiger partial charge in [-0.15, -0.1) is 0 Å². The molecule has 6 heteroatoms. The molecular weight excluding hydrogens is 260 g/mol. The van der Waals surface area contributed by atoms with Gasteiger partial charge in [-0.3, -0.25) is 9.78 Å². The minimum absolute atomic E-state index is 0.0222. The second kappa shape index (κ2) is 5.50. The van der Waals surface area contributed by atoms with E-state index in [0.717, 1.165) is 0 Å². The molecule has 0 aliphatic heterocycles. The Morgan fingerprint density at radius 2 is 2.00 bits per heavy atom. The number of hydrogen-bond acceptors (Lipinski definition) is 4. The van der Waals surface area contributed by atoms with E-state index in [2.05, 4.69) is 4.98 Å². The van der Waals surface area contributed by atoms with Crippen LogP contribution in [0.25, 0.3) is 11.3 Å². The van der Waals surface area contributed by atoms with E-state index in [1.54, 1.807) is 0 Å². The van der Waals surface area contributed by atoms with Gasteiger partial charge in [0.15, 0.2) is 0 Å². The van der Waals surface area contributed by atoms with Gasteiger partial charge in [-0.1, -0.05) is 6.07 Å². The molecule has 1 amide bonds. The summed E-state index contributed by atoms with van der Waals surface area (Å²) in [5, 5.41) is 18.5. The number of amides is 1. The predicted molar refractivity (Wildman–Crippen MR) is 71.1 cm³/mol. The van der Waals surface area contributed by atoms with Crippen LogP contribution in [0.1, 0.15) is 26.3 Å². The number of carboxylic acids is 1. The van der Waals surface area contributed by atoms with E-state index in [9.17, 15) is 14.7 Å². The Hall–Kier alpha value is -2.73. The van der Waals surface area contributed by atoms with Gasteiger partial charge in [0.05, 0.1) is 17.9 Å². The number of aromatic carboxylic acids is 1. The lowest BCUT2D eigenvalue weighted by atomic mass is 9.98. The molecule has 1 aromatic carbocycles. The minimum atomic E-state index is -1.11. The smallest absolute Gasteiger partial charge is 0.337 e. The van der Waals surface area contributed by atoms with Crippen molar-refractivity contribution in [1.29, 1.82) is 0 Å². The number of hydrogen-bond donors (Lipinski definition) is 3. The lowest BCUT2D eigenvalue weighted by Gasteiger charge is -2.10. The number of carbonyl (C=O) groups excluding carboxylic acids is 1. The van der Waals surface area contributed by atoms with Crippen molar-refractivity contribution in [3.63, 3.8) is 0 Å². The third kappa shape index (κ3) is 2.50. The molecule has 1 aromatic heterocycles. The number of carboxylic acid groups (broad SMARTS) is 1. The van der Waals surface area contributed by atoms with Gasteiger partial charge in [-0.05, 0) is 29.8 Å². The van der Waals surface area contributed by atoms with E-state index in [-0.39, 0.29) is 23.4 Å². The van der Waals surface area contributed by atoms with Crippen molar-refractivity contribution in [2.24, 2.45) is 5.73 Å². The number of carbonyl (C=O) groups is 2. The molecule has 0 atom stereocenters. The van der Waals surface area contributed by atoms with Crippen LogP contribution in [0.3, 0.4) is 0 Å². The average molecular weight is 272 g/mol. The first kappa shape index (κ1) is 13.7. The quantitative estimate of drug-likeness (QED) is 0.769. The zero-order chi connectivity index (χ0) is 14.7. The van der Waals surface area contributed by atoms with Gasteiger partial charge in [-0.25, -0.2) is 4.79 Å². The van der Waals surface area contributed by atoms with Crippen LogP contribution < -0.4 is 5.73 Å². The van der Waals surface area contributed by atoms with Crippen LogP contribution in [0.4, 0.5) is 0 Å². The fourth-order valence-electron chi connectivity index (χ4n) is 1.90. The molecule has 2 rings (SSSR count). The monoisotopic (exact) mass is 272 g/mol. The summed E-state index contributed by atoms with van der Waals surface area (Å²) in [6, 6.07) is 7.37. The van der Waals surface area contributed by atoms with Crippen molar-refractivity contribution in [3.05, 3.63) is 53.2 Å². The van der Waals surface area contributed by atoms with Crippen molar-refractivity contribution in [2.75, 3.05) is 0 Å². The fraction of sp³-hybridized carbons (Fsp3) is 0.0714. The van der Waals surface area contributed by atoms with Gasteiger partial charge in [0, 0.05) is 17.3 Å². The van der Waals surface area contributed by atoms with Crippen molar-refractivity contribution >= 4 is 11.9 Å². The van der Waals surface area contributed by atoms with Crippen LogP contribution in [-0.4, -0.2) is 27.1 Å². The van der Waals surface area contributed by atoms with Gasteiger partial charge < -0.3 is 15.9 Å².